The third kappa shape index (κ3) is 3.91. The van der Waals surface area contributed by atoms with E-state index in [-0.39, 0.29) is 9.38 Å². The lowest BCUT2D eigenvalue weighted by atomic mass is 10.4. The second-order valence-corrected chi connectivity index (χ2v) is 1.93. The zero-order chi connectivity index (χ0) is 7.11. The zero-order valence-electron chi connectivity index (χ0n) is 5.85. The van der Waals surface area contributed by atoms with E-state index >= 15 is 0 Å². The molecule has 0 saturated carbocycles. The minimum absolute atomic E-state index is 0.285. The molecule has 2 heteroatoms. The number of hydrogen-bond donors (Lipinski definition) is 0. The van der Waals surface area contributed by atoms with E-state index < -0.39 is 0 Å². The third-order valence-corrected chi connectivity index (χ3v) is 1.19. The molecule has 0 N–H and O–H groups in total. The maximum Gasteiger partial charge on any atom is 0.281 e. The SMILES string of the molecule is C=[Si]OC(=C\C)/C=C/C. The molecule has 1 radical (unpaired) electrons. The molecule has 1 nitrogen and oxygen atoms in total. The van der Waals surface area contributed by atoms with Crippen molar-refractivity contribution in [3.8, 4) is 0 Å². The lowest BCUT2D eigenvalue weighted by molar-refractivity contribution is 0.487. The highest BCUT2D eigenvalue weighted by Crippen LogP contribution is 1.94. The van der Waals surface area contributed by atoms with Crippen LogP contribution in [0.3, 0.4) is 0 Å². The van der Waals surface area contributed by atoms with Crippen LogP contribution in [-0.2, 0) is 4.43 Å². The van der Waals surface area contributed by atoms with Crippen LogP contribution in [0.5, 0.6) is 0 Å². The molecule has 0 bridgehead atoms. The summed E-state index contributed by atoms with van der Waals surface area (Å²) in [5, 5.41) is 0. The summed E-state index contributed by atoms with van der Waals surface area (Å²) >= 11 is 0. The Kier molecular flexibility index (Phi) is 5.12. The minimum atomic E-state index is 0.285. The number of allylic oxidation sites excluding steroid dienone is 3. The predicted molar refractivity (Wildman–Crippen MR) is 42.5 cm³/mol. The van der Waals surface area contributed by atoms with Crippen molar-refractivity contribution in [3.63, 3.8) is 0 Å². The molecule has 0 aromatic carbocycles. The van der Waals surface area contributed by atoms with Crippen LogP contribution >= 0.6 is 0 Å². The second kappa shape index (κ2) is 5.50. The van der Waals surface area contributed by atoms with Gasteiger partial charge in [0.2, 0.25) is 0 Å². The van der Waals surface area contributed by atoms with Gasteiger partial charge < -0.3 is 4.43 Å². The number of rotatable bonds is 3. The Bertz CT molecular complexity index is 136. The molecular weight excluding hydrogens is 128 g/mol. The molecule has 0 aliphatic carbocycles. The molecule has 49 valence electrons. The first kappa shape index (κ1) is 8.37. The van der Waals surface area contributed by atoms with E-state index in [0.29, 0.717) is 0 Å². The summed E-state index contributed by atoms with van der Waals surface area (Å²) < 4.78 is 5.12. The quantitative estimate of drug-likeness (QED) is 0.327. The van der Waals surface area contributed by atoms with E-state index in [0.717, 1.165) is 5.76 Å². The first-order chi connectivity index (χ1) is 4.35. The van der Waals surface area contributed by atoms with Crippen molar-refractivity contribution in [2.75, 3.05) is 0 Å². The molecule has 0 aromatic heterocycles. The van der Waals surface area contributed by atoms with Gasteiger partial charge in [-0.1, -0.05) is 12.3 Å². The molecule has 0 heterocycles. The second-order valence-electron chi connectivity index (χ2n) is 1.44. The molecule has 0 rings (SSSR count). The van der Waals surface area contributed by atoms with E-state index in [4.69, 9.17) is 4.43 Å². The van der Waals surface area contributed by atoms with Gasteiger partial charge in [-0.05, 0) is 26.0 Å². The molecule has 0 fully saturated rings. The van der Waals surface area contributed by atoms with Crippen LogP contribution in [0.4, 0.5) is 0 Å². The Balaban J connectivity index is 3.84. The van der Waals surface area contributed by atoms with Crippen molar-refractivity contribution in [2.24, 2.45) is 0 Å². The summed E-state index contributed by atoms with van der Waals surface area (Å²) in [6, 6.07) is 0. The van der Waals surface area contributed by atoms with E-state index in [2.05, 4.69) is 6.17 Å². The fraction of sp³-hybridized carbons (Fsp3) is 0.286. The van der Waals surface area contributed by atoms with E-state index in [1.807, 2.05) is 32.1 Å². The lowest BCUT2D eigenvalue weighted by Crippen LogP contribution is -1.85. The van der Waals surface area contributed by atoms with Crippen LogP contribution in [0.25, 0.3) is 0 Å². The monoisotopic (exact) mass is 139 g/mol. The standard InChI is InChI=1S/C7H11OSi/c1-4-6-7(5-2)8-9-3/h4-6H,3H2,1-2H3/b6-4+,7-5-. The van der Waals surface area contributed by atoms with E-state index in [9.17, 15) is 0 Å². The van der Waals surface area contributed by atoms with Crippen molar-refractivity contribution in [1.29, 1.82) is 0 Å². The van der Waals surface area contributed by atoms with Gasteiger partial charge in [-0.25, -0.2) is 0 Å². The maximum atomic E-state index is 5.12. The lowest BCUT2D eigenvalue weighted by Gasteiger charge is -1.96. The molecule has 0 aliphatic rings. The Hall–Kier alpha value is -0.633. The van der Waals surface area contributed by atoms with Gasteiger partial charge in [0.1, 0.15) is 5.76 Å². The van der Waals surface area contributed by atoms with Crippen LogP contribution in [0.15, 0.2) is 24.0 Å². The Labute approximate surface area is 58.6 Å². The van der Waals surface area contributed by atoms with Gasteiger partial charge in [-0.3, -0.25) is 0 Å². The van der Waals surface area contributed by atoms with Crippen molar-refractivity contribution >= 4 is 15.6 Å². The first-order valence-corrected chi connectivity index (χ1v) is 3.94. The van der Waals surface area contributed by atoms with Crippen molar-refractivity contribution in [2.45, 2.75) is 13.8 Å². The van der Waals surface area contributed by atoms with Gasteiger partial charge in [0, 0.05) is 0 Å². The molecule has 0 amide bonds. The van der Waals surface area contributed by atoms with E-state index in [1.54, 1.807) is 0 Å². The third-order valence-electron chi connectivity index (χ3n) is 0.805. The predicted octanol–water partition coefficient (Wildman–Crippen LogP) is 1.53. The highest BCUT2D eigenvalue weighted by molar-refractivity contribution is 6.34. The summed E-state index contributed by atoms with van der Waals surface area (Å²) in [5.74, 6) is 0.894. The molecule has 0 unspecified atom stereocenters. The summed E-state index contributed by atoms with van der Waals surface area (Å²) in [6.07, 6.45) is 9.36. The van der Waals surface area contributed by atoms with Crippen molar-refractivity contribution in [3.05, 3.63) is 24.0 Å². The van der Waals surface area contributed by atoms with Crippen LogP contribution in [0, 0.1) is 0 Å². The smallest absolute Gasteiger partial charge is 0.281 e. The van der Waals surface area contributed by atoms with E-state index in [1.165, 1.54) is 0 Å². The average Bonchev–Trinajstić information content (AvgIpc) is 1.88. The molecule has 0 aliphatic heterocycles. The molecule has 0 aromatic rings. The van der Waals surface area contributed by atoms with Crippen LogP contribution in [-0.4, -0.2) is 15.6 Å². The van der Waals surface area contributed by atoms with Gasteiger partial charge in [-0.15, -0.1) is 0 Å². The van der Waals surface area contributed by atoms with Crippen LogP contribution < -0.4 is 0 Å². The molecule has 0 saturated heterocycles. The highest BCUT2D eigenvalue weighted by Gasteiger charge is 1.82. The van der Waals surface area contributed by atoms with Gasteiger partial charge in [0.25, 0.3) is 9.38 Å². The normalized spacial score (nSPS) is 12.0. The summed E-state index contributed by atoms with van der Waals surface area (Å²) in [5.41, 5.74) is 0. The summed E-state index contributed by atoms with van der Waals surface area (Å²) in [4.78, 5) is 0. The average molecular weight is 139 g/mol. The summed E-state index contributed by atoms with van der Waals surface area (Å²) in [6.45, 7) is 3.90. The Morgan fingerprint density at radius 3 is 2.56 bits per heavy atom. The molecule has 0 spiro atoms. The fourth-order valence-electron chi connectivity index (χ4n) is 0.437. The van der Waals surface area contributed by atoms with Crippen LogP contribution in [0.2, 0.25) is 0 Å². The zero-order valence-corrected chi connectivity index (χ0v) is 6.85. The largest absolute Gasteiger partial charge is 0.514 e. The van der Waals surface area contributed by atoms with Gasteiger partial charge in [0.05, 0.1) is 0 Å². The van der Waals surface area contributed by atoms with Crippen LogP contribution in [0.1, 0.15) is 13.8 Å². The fourth-order valence-corrected chi connectivity index (χ4v) is 0.789. The van der Waals surface area contributed by atoms with Gasteiger partial charge >= 0.3 is 0 Å². The van der Waals surface area contributed by atoms with Crippen molar-refractivity contribution < 1.29 is 4.43 Å². The minimum Gasteiger partial charge on any atom is -0.514 e. The van der Waals surface area contributed by atoms with Gasteiger partial charge in [-0.2, -0.15) is 0 Å². The maximum absolute atomic E-state index is 5.12. The van der Waals surface area contributed by atoms with Gasteiger partial charge in [0.15, 0.2) is 0 Å². The Morgan fingerprint density at radius 2 is 2.22 bits per heavy atom. The topological polar surface area (TPSA) is 9.23 Å². The molecular formula is C7H11OSi. The first-order valence-electron chi connectivity index (χ1n) is 2.83. The highest BCUT2D eigenvalue weighted by atomic mass is 28.2. The summed E-state index contributed by atoms with van der Waals surface area (Å²) in [7, 11) is 0.285. The number of hydrogen-bond acceptors (Lipinski definition) is 1. The molecule has 9 heavy (non-hydrogen) atoms. The Morgan fingerprint density at radius 1 is 1.56 bits per heavy atom. The molecule has 0 atom stereocenters. The van der Waals surface area contributed by atoms with Crippen molar-refractivity contribution in [1.82, 2.24) is 0 Å².